The fourth-order valence-corrected chi connectivity index (χ4v) is 3.63. The van der Waals surface area contributed by atoms with E-state index in [0.717, 1.165) is 30.1 Å². The summed E-state index contributed by atoms with van der Waals surface area (Å²) in [5, 5.41) is 0. The summed E-state index contributed by atoms with van der Waals surface area (Å²) in [6.45, 7) is 2.45. The minimum atomic E-state index is -0.151. The molecule has 0 spiro atoms. The third-order valence-corrected chi connectivity index (χ3v) is 4.84. The number of hydrogen-bond acceptors (Lipinski definition) is 4. The van der Waals surface area contributed by atoms with Gasteiger partial charge < -0.3 is 9.47 Å². The maximum absolute atomic E-state index is 12.0. The summed E-state index contributed by atoms with van der Waals surface area (Å²) >= 11 is 1.96. The number of rotatable bonds is 5. The molecule has 0 saturated carbocycles. The molecule has 2 rings (SSSR count). The first kappa shape index (κ1) is 15.2. The number of hydrogen-bond donors (Lipinski definition) is 0. The SMILES string of the molecule is COC(=O)C(COc1ccc(C)cc1)C1CCSCC1. The van der Waals surface area contributed by atoms with E-state index in [-0.39, 0.29) is 11.9 Å². The van der Waals surface area contributed by atoms with E-state index in [9.17, 15) is 4.79 Å². The number of aryl methyl sites for hydroxylation is 1. The third-order valence-electron chi connectivity index (χ3n) is 3.79. The van der Waals surface area contributed by atoms with Crippen LogP contribution in [0, 0.1) is 18.8 Å². The minimum Gasteiger partial charge on any atom is -0.493 e. The van der Waals surface area contributed by atoms with E-state index in [1.165, 1.54) is 12.7 Å². The van der Waals surface area contributed by atoms with Crippen LogP contribution in [0.4, 0.5) is 0 Å². The van der Waals surface area contributed by atoms with E-state index in [1.54, 1.807) is 0 Å². The summed E-state index contributed by atoms with van der Waals surface area (Å²) in [4.78, 5) is 12.0. The molecule has 3 nitrogen and oxygen atoms in total. The Hall–Kier alpha value is -1.16. The number of carbonyl (C=O) groups excluding carboxylic acids is 1. The summed E-state index contributed by atoms with van der Waals surface area (Å²) < 4.78 is 10.7. The lowest BCUT2D eigenvalue weighted by Gasteiger charge is -2.28. The Bertz CT molecular complexity index is 424. The number of esters is 1. The molecule has 1 saturated heterocycles. The zero-order chi connectivity index (χ0) is 14.4. The van der Waals surface area contributed by atoms with Crippen LogP contribution >= 0.6 is 11.8 Å². The van der Waals surface area contributed by atoms with Gasteiger partial charge in [0.05, 0.1) is 13.0 Å². The van der Waals surface area contributed by atoms with Gasteiger partial charge >= 0.3 is 5.97 Å². The molecule has 0 aromatic heterocycles. The molecule has 0 radical (unpaired) electrons. The number of methoxy groups -OCH3 is 1. The molecule has 1 atom stereocenters. The Kier molecular flexibility index (Phi) is 5.77. The third kappa shape index (κ3) is 4.17. The highest BCUT2D eigenvalue weighted by molar-refractivity contribution is 7.99. The van der Waals surface area contributed by atoms with Crippen LogP contribution in [-0.4, -0.2) is 31.2 Å². The summed E-state index contributed by atoms with van der Waals surface area (Å²) in [6, 6.07) is 7.92. The zero-order valence-electron chi connectivity index (χ0n) is 12.1. The predicted molar refractivity (Wildman–Crippen MR) is 82.2 cm³/mol. The molecular formula is C16H22O3S. The van der Waals surface area contributed by atoms with Crippen molar-refractivity contribution in [2.75, 3.05) is 25.2 Å². The molecular weight excluding hydrogens is 272 g/mol. The number of ether oxygens (including phenoxy) is 2. The van der Waals surface area contributed by atoms with Gasteiger partial charge in [0.1, 0.15) is 12.4 Å². The van der Waals surface area contributed by atoms with E-state index in [2.05, 4.69) is 0 Å². The van der Waals surface area contributed by atoms with Crippen LogP contribution in [-0.2, 0) is 9.53 Å². The van der Waals surface area contributed by atoms with Gasteiger partial charge in [-0.15, -0.1) is 0 Å². The van der Waals surface area contributed by atoms with Crippen molar-refractivity contribution in [2.24, 2.45) is 11.8 Å². The summed E-state index contributed by atoms with van der Waals surface area (Å²) in [5.41, 5.74) is 1.20. The topological polar surface area (TPSA) is 35.5 Å². The van der Waals surface area contributed by atoms with Gasteiger partial charge in [-0.1, -0.05) is 17.7 Å². The first-order valence-corrected chi connectivity index (χ1v) is 8.21. The lowest BCUT2D eigenvalue weighted by molar-refractivity contribution is -0.148. The molecule has 0 amide bonds. The maximum atomic E-state index is 12.0. The standard InChI is InChI=1S/C16H22O3S/c1-12-3-5-14(6-4-12)19-11-15(16(17)18-2)13-7-9-20-10-8-13/h3-6,13,15H,7-11H2,1-2H3. The van der Waals surface area contributed by atoms with Gasteiger partial charge in [-0.25, -0.2) is 0 Å². The van der Waals surface area contributed by atoms with Gasteiger partial charge in [-0.3, -0.25) is 4.79 Å². The predicted octanol–water partition coefficient (Wildman–Crippen LogP) is 3.31. The summed E-state index contributed by atoms with van der Waals surface area (Å²) in [6.07, 6.45) is 2.14. The van der Waals surface area contributed by atoms with E-state index in [0.29, 0.717) is 12.5 Å². The molecule has 1 heterocycles. The second kappa shape index (κ2) is 7.58. The Morgan fingerprint density at radius 3 is 2.55 bits per heavy atom. The van der Waals surface area contributed by atoms with Gasteiger partial charge in [0.15, 0.2) is 0 Å². The number of thioether (sulfide) groups is 1. The fourth-order valence-electron chi connectivity index (χ4n) is 2.49. The molecule has 1 aromatic rings. The fraction of sp³-hybridized carbons (Fsp3) is 0.562. The van der Waals surface area contributed by atoms with Crippen LogP contribution < -0.4 is 4.74 Å². The largest absolute Gasteiger partial charge is 0.493 e. The van der Waals surface area contributed by atoms with Crippen molar-refractivity contribution in [3.63, 3.8) is 0 Å². The molecule has 1 fully saturated rings. The highest BCUT2D eigenvalue weighted by Crippen LogP contribution is 2.30. The second-order valence-electron chi connectivity index (χ2n) is 5.20. The molecule has 0 aliphatic carbocycles. The number of benzene rings is 1. The Balaban J connectivity index is 1.96. The van der Waals surface area contributed by atoms with Gasteiger partial charge in [0, 0.05) is 0 Å². The lowest BCUT2D eigenvalue weighted by Crippen LogP contribution is -2.32. The van der Waals surface area contributed by atoms with Crippen molar-refractivity contribution in [3.8, 4) is 5.75 Å². The first-order valence-electron chi connectivity index (χ1n) is 7.05. The van der Waals surface area contributed by atoms with Crippen molar-refractivity contribution in [1.29, 1.82) is 0 Å². The average Bonchev–Trinajstić information content (AvgIpc) is 2.50. The van der Waals surface area contributed by atoms with Crippen LogP contribution in [0.1, 0.15) is 18.4 Å². The van der Waals surface area contributed by atoms with E-state index in [4.69, 9.17) is 9.47 Å². The van der Waals surface area contributed by atoms with Crippen LogP contribution in [0.5, 0.6) is 5.75 Å². The van der Waals surface area contributed by atoms with Crippen molar-refractivity contribution < 1.29 is 14.3 Å². The molecule has 110 valence electrons. The Labute approximate surface area is 125 Å². The van der Waals surface area contributed by atoms with Crippen LogP contribution in [0.25, 0.3) is 0 Å². The molecule has 1 aliphatic heterocycles. The Morgan fingerprint density at radius 2 is 1.95 bits per heavy atom. The quantitative estimate of drug-likeness (QED) is 0.781. The van der Waals surface area contributed by atoms with Crippen molar-refractivity contribution >= 4 is 17.7 Å². The van der Waals surface area contributed by atoms with E-state index in [1.807, 2.05) is 43.0 Å². The van der Waals surface area contributed by atoms with Crippen LogP contribution in [0.15, 0.2) is 24.3 Å². The summed E-state index contributed by atoms with van der Waals surface area (Å²) in [7, 11) is 1.46. The molecule has 0 bridgehead atoms. The maximum Gasteiger partial charge on any atom is 0.312 e. The Morgan fingerprint density at radius 1 is 1.30 bits per heavy atom. The molecule has 20 heavy (non-hydrogen) atoms. The van der Waals surface area contributed by atoms with Crippen LogP contribution in [0.2, 0.25) is 0 Å². The lowest BCUT2D eigenvalue weighted by atomic mass is 9.88. The average molecular weight is 294 g/mol. The van der Waals surface area contributed by atoms with Crippen LogP contribution in [0.3, 0.4) is 0 Å². The highest BCUT2D eigenvalue weighted by Gasteiger charge is 2.31. The first-order chi connectivity index (χ1) is 9.70. The molecule has 4 heteroatoms. The molecule has 1 aromatic carbocycles. The monoisotopic (exact) mass is 294 g/mol. The van der Waals surface area contributed by atoms with Crippen molar-refractivity contribution in [3.05, 3.63) is 29.8 Å². The molecule has 1 aliphatic rings. The van der Waals surface area contributed by atoms with Gasteiger partial charge in [-0.2, -0.15) is 11.8 Å². The van der Waals surface area contributed by atoms with Crippen molar-refractivity contribution in [1.82, 2.24) is 0 Å². The van der Waals surface area contributed by atoms with Crippen molar-refractivity contribution in [2.45, 2.75) is 19.8 Å². The minimum absolute atomic E-state index is 0.144. The normalized spacial score (nSPS) is 17.5. The van der Waals surface area contributed by atoms with E-state index < -0.39 is 0 Å². The zero-order valence-corrected chi connectivity index (χ0v) is 12.9. The molecule has 1 unspecified atom stereocenters. The summed E-state index contributed by atoms with van der Waals surface area (Å²) in [5.74, 6) is 3.16. The molecule has 0 N–H and O–H groups in total. The van der Waals surface area contributed by atoms with Gasteiger partial charge in [0.2, 0.25) is 0 Å². The van der Waals surface area contributed by atoms with E-state index >= 15 is 0 Å². The second-order valence-corrected chi connectivity index (χ2v) is 6.43. The highest BCUT2D eigenvalue weighted by atomic mass is 32.2. The van der Waals surface area contributed by atoms with Gasteiger partial charge in [-0.05, 0) is 49.3 Å². The van der Waals surface area contributed by atoms with Gasteiger partial charge in [0.25, 0.3) is 0 Å². The smallest absolute Gasteiger partial charge is 0.312 e. The number of carbonyl (C=O) groups is 1.